The van der Waals surface area contributed by atoms with Gasteiger partial charge >= 0.3 is 0 Å². The van der Waals surface area contributed by atoms with Crippen LogP contribution < -0.4 is 0 Å². The lowest BCUT2D eigenvalue weighted by Gasteiger charge is -2.48. The first-order valence-electron chi connectivity index (χ1n) is 8.40. The van der Waals surface area contributed by atoms with Crippen molar-refractivity contribution in [2.45, 2.75) is 32.2 Å². The van der Waals surface area contributed by atoms with Crippen LogP contribution in [0.2, 0.25) is 19.6 Å². The van der Waals surface area contributed by atoms with E-state index in [1.807, 2.05) is 6.07 Å². The first-order chi connectivity index (χ1) is 10.5. The highest BCUT2D eigenvalue weighted by Crippen LogP contribution is 2.62. The maximum Gasteiger partial charge on any atom is 0.184 e. The lowest BCUT2D eigenvalue weighted by Crippen LogP contribution is -2.53. The highest BCUT2D eigenvalue weighted by atomic mass is 28.4. The van der Waals surface area contributed by atoms with Crippen molar-refractivity contribution < 1.29 is 9.22 Å². The molecule has 116 valence electrons. The minimum Gasteiger partial charge on any atom is -0.410 e. The highest BCUT2D eigenvalue weighted by Gasteiger charge is 2.63. The summed E-state index contributed by atoms with van der Waals surface area (Å²) in [5, 5.41) is 0. The molecule has 0 amide bonds. The molecule has 3 aliphatic rings. The molecule has 2 fully saturated rings. The Balaban J connectivity index is 1.67. The summed E-state index contributed by atoms with van der Waals surface area (Å²) in [6, 6.07) is 10.4. The van der Waals surface area contributed by atoms with Gasteiger partial charge in [0, 0.05) is 5.92 Å². The predicted molar refractivity (Wildman–Crippen MR) is 89.8 cm³/mol. The van der Waals surface area contributed by atoms with E-state index in [1.54, 1.807) is 0 Å². The van der Waals surface area contributed by atoms with Gasteiger partial charge in [0.1, 0.15) is 5.78 Å². The van der Waals surface area contributed by atoms with Crippen LogP contribution in [0, 0.1) is 29.6 Å². The van der Waals surface area contributed by atoms with E-state index in [0.717, 1.165) is 0 Å². The fourth-order valence-corrected chi connectivity index (χ4v) is 5.81. The SMILES string of the molecule is C[Si](C)(C)OC(c1ccccc1)C1C(=O)C2C3C=CC(C3)C21. The van der Waals surface area contributed by atoms with Gasteiger partial charge in [-0.2, -0.15) is 0 Å². The molecule has 0 spiro atoms. The summed E-state index contributed by atoms with van der Waals surface area (Å²) in [5.41, 5.74) is 1.17. The fraction of sp³-hybridized carbons (Fsp3) is 0.526. The molecule has 4 rings (SSSR count). The summed E-state index contributed by atoms with van der Waals surface area (Å²) in [7, 11) is -1.71. The zero-order valence-electron chi connectivity index (χ0n) is 13.5. The van der Waals surface area contributed by atoms with E-state index < -0.39 is 8.32 Å². The normalized spacial score (nSPS) is 37.0. The Morgan fingerprint density at radius 2 is 1.77 bits per heavy atom. The molecule has 1 aromatic carbocycles. The van der Waals surface area contributed by atoms with Crippen LogP contribution in [-0.4, -0.2) is 14.1 Å². The second-order valence-corrected chi connectivity index (χ2v) is 12.5. The van der Waals surface area contributed by atoms with Crippen molar-refractivity contribution in [3.8, 4) is 0 Å². The van der Waals surface area contributed by atoms with Gasteiger partial charge in [0.2, 0.25) is 0 Å². The first kappa shape index (κ1) is 14.4. The average Bonchev–Trinajstić information content (AvgIpc) is 3.04. The summed E-state index contributed by atoms with van der Waals surface area (Å²) >= 11 is 0. The lowest BCUT2D eigenvalue weighted by molar-refractivity contribution is -0.151. The molecular weight excluding hydrogens is 288 g/mol. The lowest BCUT2D eigenvalue weighted by atomic mass is 9.57. The standard InChI is InChI=1S/C19H24O2Si/c1-22(2,3)21-19(12-7-5-4-6-8-12)17-15-13-9-10-14(11-13)16(15)18(17)20/h4-10,13-17,19H,11H2,1-3H3. The van der Waals surface area contributed by atoms with Crippen LogP contribution in [-0.2, 0) is 9.22 Å². The van der Waals surface area contributed by atoms with Crippen molar-refractivity contribution in [3.63, 3.8) is 0 Å². The molecule has 6 unspecified atom stereocenters. The van der Waals surface area contributed by atoms with Crippen LogP contribution in [0.25, 0.3) is 0 Å². The Morgan fingerprint density at radius 1 is 1.09 bits per heavy atom. The molecule has 3 aliphatic carbocycles. The Morgan fingerprint density at radius 3 is 2.45 bits per heavy atom. The zero-order valence-corrected chi connectivity index (χ0v) is 14.5. The highest BCUT2D eigenvalue weighted by molar-refractivity contribution is 6.69. The van der Waals surface area contributed by atoms with Crippen LogP contribution in [0.4, 0.5) is 0 Å². The molecule has 0 aliphatic heterocycles. The van der Waals surface area contributed by atoms with Crippen molar-refractivity contribution in [2.24, 2.45) is 29.6 Å². The third-order valence-corrected chi connectivity index (χ3v) is 6.49. The van der Waals surface area contributed by atoms with Gasteiger partial charge < -0.3 is 4.43 Å². The molecule has 2 nitrogen and oxygen atoms in total. The summed E-state index contributed by atoms with van der Waals surface area (Å²) in [6.07, 6.45) is 5.76. The molecule has 0 N–H and O–H groups in total. The smallest absolute Gasteiger partial charge is 0.184 e. The molecule has 2 bridgehead atoms. The van der Waals surface area contributed by atoms with Crippen molar-refractivity contribution in [1.82, 2.24) is 0 Å². The Labute approximate surface area is 133 Å². The molecule has 0 radical (unpaired) electrons. The van der Waals surface area contributed by atoms with E-state index in [1.165, 1.54) is 12.0 Å². The largest absolute Gasteiger partial charge is 0.410 e. The summed E-state index contributed by atoms with van der Waals surface area (Å²) in [5.74, 6) is 2.45. The number of allylic oxidation sites excluding steroid dienone is 2. The van der Waals surface area contributed by atoms with Crippen LogP contribution >= 0.6 is 0 Å². The minimum atomic E-state index is -1.71. The second-order valence-electron chi connectivity index (χ2n) is 8.04. The van der Waals surface area contributed by atoms with Gasteiger partial charge in [0.05, 0.1) is 12.0 Å². The molecule has 22 heavy (non-hydrogen) atoms. The van der Waals surface area contributed by atoms with Gasteiger partial charge in [0.15, 0.2) is 8.32 Å². The van der Waals surface area contributed by atoms with E-state index >= 15 is 0 Å². The van der Waals surface area contributed by atoms with Crippen LogP contribution in [0.5, 0.6) is 0 Å². The third kappa shape index (κ3) is 2.14. The third-order valence-electron chi connectivity index (χ3n) is 5.53. The number of Topliss-reactive ketones (excluding diaryl/α,β-unsaturated/α-hetero) is 1. The Kier molecular flexibility index (Phi) is 3.21. The number of carbonyl (C=O) groups is 1. The average molecular weight is 312 g/mol. The Bertz CT molecular complexity index is 616. The number of hydrogen-bond donors (Lipinski definition) is 0. The number of ketones is 1. The number of benzene rings is 1. The molecule has 0 saturated heterocycles. The minimum absolute atomic E-state index is 0.0469. The van der Waals surface area contributed by atoms with E-state index in [2.05, 4.69) is 56.1 Å². The Hall–Kier alpha value is -1.19. The second kappa shape index (κ2) is 4.90. The molecule has 6 atom stereocenters. The quantitative estimate of drug-likeness (QED) is 0.615. The maximum absolute atomic E-state index is 12.8. The molecule has 3 heteroatoms. The van der Waals surface area contributed by atoms with Crippen molar-refractivity contribution in [3.05, 3.63) is 48.0 Å². The maximum atomic E-state index is 12.8. The van der Waals surface area contributed by atoms with E-state index in [0.29, 0.717) is 23.5 Å². The number of carbonyl (C=O) groups excluding carboxylic acids is 1. The topological polar surface area (TPSA) is 26.3 Å². The van der Waals surface area contributed by atoms with Crippen LogP contribution in [0.1, 0.15) is 18.1 Å². The molecule has 2 saturated carbocycles. The van der Waals surface area contributed by atoms with E-state index in [4.69, 9.17) is 4.43 Å². The zero-order chi connectivity index (χ0) is 15.5. The number of rotatable bonds is 4. The van der Waals surface area contributed by atoms with Crippen molar-refractivity contribution >= 4 is 14.1 Å². The molecular formula is C19H24O2Si. The van der Waals surface area contributed by atoms with Gasteiger partial charge in [-0.1, -0.05) is 42.5 Å². The van der Waals surface area contributed by atoms with Gasteiger partial charge in [0.25, 0.3) is 0 Å². The monoisotopic (exact) mass is 312 g/mol. The fourth-order valence-electron chi connectivity index (χ4n) is 4.77. The van der Waals surface area contributed by atoms with E-state index in [-0.39, 0.29) is 17.9 Å². The molecule has 1 aromatic rings. The predicted octanol–water partition coefficient (Wildman–Crippen LogP) is 4.22. The van der Waals surface area contributed by atoms with Crippen LogP contribution in [0.15, 0.2) is 42.5 Å². The van der Waals surface area contributed by atoms with Gasteiger partial charge in [-0.15, -0.1) is 0 Å². The first-order valence-corrected chi connectivity index (χ1v) is 11.8. The van der Waals surface area contributed by atoms with Gasteiger partial charge in [-0.25, -0.2) is 0 Å². The van der Waals surface area contributed by atoms with Crippen LogP contribution in [0.3, 0.4) is 0 Å². The summed E-state index contributed by atoms with van der Waals surface area (Å²) in [4.78, 5) is 12.8. The molecule has 0 aromatic heterocycles. The van der Waals surface area contributed by atoms with Crippen molar-refractivity contribution in [1.29, 1.82) is 0 Å². The summed E-state index contributed by atoms with van der Waals surface area (Å²) in [6.45, 7) is 6.64. The number of fused-ring (bicyclic) bond motifs is 5. The van der Waals surface area contributed by atoms with Crippen molar-refractivity contribution in [2.75, 3.05) is 0 Å². The molecule has 0 heterocycles. The van der Waals surface area contributed by atoms with Gasteiger partial charge in [-0.3, -0.25) is 4.79 Å². The van der Waals surface area contributed by atoms with E-state index in [9.17, 15) is 4.79 Å². The summed E-state index contributed by atoms with van der Waals surface area (Å²) < 4.78 is 6.51. The number of hydrogen-bond acceptors (Lipinski definition) is 2. The van der Waals surface area contributed by atoms with Gasteiger partial charge in [-0.05, 0) is 49.4 Å².